The first kappa shape index (κ1) is 14.6. The molecular weight excluding hydrogens is 244 g/mol. The zero-order chi connectivity index (χ0) is 12.5. The van der Waals surface area contributed by atoms with Gasteiger partial charge in [0.05, 0.1) is 0 Å². The number of hydrogen-bond donors (Lipinski definition) is 0. The maximum Gasteiger partial charge on any atom is 0.0409 e. The molecule has 0 spiro atoms. The van der Waals surface area contributed by atoms with Crippen LogP contribution in [0.15, 0.2) is 30.9 Å². The molecular formula is C15H22S2. The molecule has 0 saturated heterocycles. The van der Waals surface area contributed by atoms with E-state index in [1.807, 2.05) is 17.4 Å². The molecule has 0 aliphatic carbocycles. The third-order valence-electron chi connectivity index (χ3n) is 2.67. The first-order chi connectivity index (χ1) is 8.31. The van der Waals surface area contributed by atoms with Crippen LogP contribution in [0.25, 0.3) is 4.91 Å². The maximum absolute atomic E-state index is 3.77. The summed E-state index contributed by atoms with van der Waals surface area (Å²) in [5, 5.41) is 0. The second-order valence-electron chi connectivity index (χ2n) is 4.05. The number of rotatable bonds is 8. The fourth-order valence-corrected chi connectivity index (χ4v) is 3.57. The Morgan fingerprint density at radius 3 is 2.82 bits per heavy atom. The topological polar surface area (TPSA) is 0 Å². The van der Waals surface area contributed by atoms with Crippen LogP contribution in [0.3, 0.4) is 0 Å². The van der Waals surface area contributed by atoms with Crippen molar-refractivity contribution < 1.29 is 0 Å². The van der Waals surface area contributed by atoms with E-state index in [-0.39, 0.29) is 0 Å². The van der Waals surface area contributed by atoms with Crippen molar-refractivity contribution in [1.82, 2.24) is 0 Å². The highest BCUT2D eigenvalue weighted by Crippen LogP contribution is 2.31. The van der Waals surface area contributed by atoms with Gasteiger partial charge in [-0.3, -0.25) is 0 Å². The van der Waals surface area contributed by atoms with E-state index in [0.717, 1.165) is 0 Å². The fourth-order valence-electron chi connectivity index (χ4n) is 1.73. The van der Waals surface area contributed by atoms with Crippen LogP contribution in [-0.2, 0) is 6.42 Å². The summed E-state index contributed by atoms with van der Waals surface area (Å²) in [6.45, 7) is 6.02. The molecule has 0 N–H and O–H groups in total. The highest BCUT2D eigenvalue weighted by atomic mass is 32.2. The SMILES string of the molecule is C=C/C=C(\SC)c1ccc(CCCCCC)s1. The summed E-state index contributed by atoms with van der Waals surface area (Å²) in [5.74, 6) is 0. The Morgan fingerprint density at radius 2 is 2.18 bits per heavy atom. The maximum atomic E-state index is 3.77. The third kappa shape index (κ3) is 5.13. The van der Waals surface area contributed by atoms with Crippen LogP contribution in [0.4, 0.5) is 0 Å². The number of allylic oxidation sites excluding steroid dienone is 2. The van der Waals surface area contributed by atoms with Gasteiger partial charge in [0.2, 0.25) is 0 Å². The van der Waals surface area contributed by atoms with Gasteiger partial charge in [-0.05, 0) is 37.3 Å². The molecule has 1 rings (SSSR count). The van der Waals surface area contributed by atoms with Gasteiger partial charge in [0, 0.05) is 14.7 Å². The molecule has 0 aliphatic heterocycles. The van der Waals surface area contributed by atoms with E-state index in [4.69, 9.17) is 0 Å². The molecule has 0 amide bonds. The first-order valence-electron chi connectivity index (χ1n) is 6.27. The molecule has 0 atom stereocenters. The number of thioether (sulfide) groups is 1. The van der Waals surface area contributed by atoms with Crippen molar-refractivity contribution in [3.8, 4) is 0 Å². The summed E-state index contributed by atoms with van der Waals surface area (Å²) in [6.07, 6.45) is 12.7. The second kappa shape index (κ2) is 8.60. The summed E-state index contributed by atoms with van der Waals surface area (Å²) in [7, 11) is 0. The quantitative estimate of drug-likeness (QED) is 0.426. The van der Waals surface area contributed by atoms with Crippen molar-refractivity contribution in [3.05, 3.63) is 40.6 Å². The molecule has 0 radical (unpaired) electrons. The van der Waals surface area contributed by atoms with E-state index >= 15 is 0 Å². The Hall–Kier alpha value is -0.470. The van der Waals surface area contributed by atoms with E-state index in [1.165, 1.54) is 46.8 Å². The van der Waals surface area contributed by atoms with E-state index < -0.39 is 0 Å². The van der Waals surface area contributed by atoms with Gasteiger partial charge in [-0.15, -0.1) is 23.1 Å². The highest BCUT2D eigenvalue weighted by molar-refractivity contribution is 8.07. The molecule has 0 fully saturated rings. The number of aryl methyl sites for hydroxylation is 1. The Morgan fingerprint density at radius 1 is 1.35 bits per heavy atom. The summed E-state index contributed by atoms with van der Waals surface area (Å²) in [5.41, 5.74) is 0. The summed E-state index contributed by atoms with van der Waals surface area (Å²) in [4.78, 5) is 4.22. The molecule has 0 saturated carbocycles. The number of unbranched alkanes of at least 4 members (excludes halogenated alkanes) is 3. The fraction of sp³-hybridized carbons (Fsp3) is 0.467. The predicted octanol–water partition coefficient (Wildman–Crippen LogP) is 5.76. The van der Waals surface area contributed by atoms with Gasteiger partial charge in [-0.2, -0.15) is 0 Å². The van der Waals surface area contributed by atoms with Crippen molar-refractivity contribution >= 4 is 28.0 Å². The van der Waals surface area contributed by atoms with Gasteiger partial charge < -0.3 is 0 Å². The molecule has 0 bridgehead atoms. The first-order valence-corrected chi connectivity index (χ1v) is 8.31. The lowest BCUT2D eigenvalue weighted by Gasteiger charge is -1.99. The molecule has 0 aliphatic rings. The normalized spacial score (nSPS) is 11.8. The summed E-state index contributed by atoms with van der Waals surface area (Å²) >= 11 is 3.72. The average Bonchev–Trinajstić information content (AvgIpc) is 2.80. The van der Waals surface area contributed by atoms with Crippen LogP contribution in [-0.4, -0.2) is 6.26 Å². The zero-order valence-electron chi connectivity index (χ0n) is 10.9. The Kier molecular flexibility index (Phi) is 7.38. The lowest BCUT2D eigenvalue weighted by Crippen LogP contribution is -1.80. The van der Waals surface area contributed by atoms with E-state index in [9.17, 15) is 0 Å². The minimum atomic E-state index is 1.24. The third-order valence-corrected chi connectivity index (χ3v) is 4.77. The Balaban J connectivity index is 2.52. The van der Waals surface area contributed by atoms with E-state index in [2.05, 4.69) is 38.0 Å². The van der Waals surface area contributed by atoms with Gasteiger partial charge in [-0.1, -0.05) is 38.8 Å². The minimum absolute atomic E-state index is 1.24. The smallest absolute Gasteiger partial charge is 0.0409 e. The predicted molar refractivity (Wildman–Crippen MR) is 83.9 cm³/mol. The summed E-state index contributed by atoms with van der Waals surface area (Å²) < 4.78 is 0. The van der Waals surface area contributed by atoms with Gasteiger partial charge in [0.1, 0.15) is 0 Å². The highest BCUT2D eigenvalue weighted by Gasteiger charge is 2.04. The van der Waals surface area contributed by atoms with E-state index in [1.54, 1.807) is 11.8 Å². The van der Waals surface area contributed by atoms with Crippen molar-refractivity contribution in [1.29, 1.82) is 0 Å². The van der Waals surface area contributed by atoms with Crippen molar-refractivity contribution in [2.75, 3.05) is 6.26 Å². The molecule has 94 valence electrons. The lowest BCUT2D eigenvalue weighted by atomic mass is 10.1. The molecule has 17 heavy (non-hydrogen) atoms. The number of hydrogen-bond acceptors (Lipinski definition) is 2. The molecule has 0 aromatic carbocycles. The van der Waals surface area contributed by atoms with Gasteiger partial charge in [0.15, 0.2) is 0 Å². The molecule has 0 nitrogen and oxygen atoms in total. The van der Waals surface area contributed by atoms with Gasteiger partial charge in [0.25, 0.3) is 0 Å². The molecule has 1 heterocycles. The van der Waals surface area contributed by atoms with Crippen molar-refractivity contribution in [3.63, 3.8) is 0 Å². The monoisotopic (exact) mass is 266 g/mol. The zero-order valence-corrected chi connectivity index (χ0v) is 12.5. The van der Waals surface area contributed by atoms with Crippen LogP contribution >= 0.6 is 23.1 Å². The Labute approximate surface area is 114 Å². The van der Waals surface area contributed by atoms with Gasteiger partial charge >= 0.3 is 0 Å². The largest absolute Gasteiger partial charge is 0.140 e. The Bertz CT molecular complexity index is 361. The van der Waals surface area contributed by atoms with Crippen LogP contribution in [0, 0.1) is 0 Å². The second-order valence-corrected chi connectivity index (χ2v) is 6.06. The van der Waals surface area contributed by atoms with Crippen LogP contribution < -0.4 is 0 Å². The molecule has 2 heteroatoms. The molecule has 0 unspecified atom stereocenters. The van der Waals surface area contributed by atoms with Crippen molar-refractivity contribution in [2.45, 2.75) is 39.0 Å². The molecule has 1 aromatic heterocycles. The van der Waals surface area contributed by atoms with Crippen LogP contribution in [0.1, 0.15) is 42.4 Å². The standard InChI is InChI=1S/C15H22S2/c1-4-6-7-8-10-13-11-12-15(17-13)14(16-3)9-5-2/h5,9,11-12H,2,4,6-8,10H2,1,3H3/b14-9-. The minimum Gasteiger partial charge on any atom is -0.140 e. The summed E-state index contributed by atoms with van der Waals surface area (Å²) in [6, 6.07) is 4.52. The van der Waals surface area contributed by atoms with E-state index in [0.29, 0.717) is 0 Å². The van der Waals surface area contributed by atoms with Crippen LogP contribution in [0.2, 0.25) is 0 Å². The molecule has 1 aromatic rings. The lowest BCUT2D eigenvalue weighted by molar-refractivity contribution is 0.670. The average molecular weight is 266 g/mol. The van der Waals surface area contributed by atoms with Crippen molar-refractivity contribution in [2.24, 2.45) is 0 Å². The van der Waals surface area contributed by atoms with Gasteiger partial charge in [-0.25, -0.2) is 0 Å². The van der Waals surface area contributed by atoms with Crippen LogP contribution in [0.5, 0.6) is 0 Å². The number of thiophene rings is 1.